The minimum atomic E-state index is 0. The number of nitrogens with one attached hydrogen (secondary N) is 1. The molecule has 1 amide bonds. The second-order valence-electron chi connectivity index (χ2n) is 8.46. The van der Waals surface area contributed by atoms with Crippen LogP contribution < -0.4 is 5.32 Å². The number of aryl methyl sites for hydroxylation is 1. The molecular formula is C25H30Cl2N4OS. The third-order valence-electron chi connectivity index (χ3n) is 6.18. The van der Waals surface area contributed by atoms with Crippen molar-refractivity contribution >= 4 is 54.2 Å². The van der Waals surface area contributed by atoms with Crippen LogP contribution >= 0.6 is 36.6 Å². The minimum Gasteiger partial charge on any atom is -0.351 e. The third-order valence-corrected chi connectivity index (χ3v) is 7.23. The summed E-state index contributed by atoms with van der Waals surface area (Å²) in [5, 5.41) is 4.24. The van der Waals surface area contributed by atoms with Crippen LogP contribution in [0.3, 0.4) is 0 Å². The van der Waals surface area contributed by atoms with Gasteiger partial charge in [-0.05, 0) is 68.5 Å². The maximum absolute atomic E-state index is 12.9. The van der Waals surface area contributed by atoms with Gasteiger partial charge in [0.15, 0.2) is 0 Å². The summed E-state index contributed by atoms with van der Waals surface area (Å²) in [6, 6.07) is 16.7. The summed E-state index contributed by atoms with van der Waals surface area (Å²) in [7, 11) is 0. The number of hydrogen-bond acceptors (Lipinski definition) is 4. The Morgan fingerprint density at radius 1 is 1.12 bits per heavy atom. The van der Waals surface area contributed by atoms with Gasteiger partial charge in [-0.15, -0.1) is 24.8 Å². The number of likely N-dealkylation sites (tertiary alicyclic amines) is 1. The largest absolute Gasteiger partial charge is 0.351 e. The van der Waals surface area contributed by atoms with Crippen molar-refractivity contribution < 1.29 is 4.79 Å². The Hall–Kier alpha value is -1.99. The molecule has 1 unspecified atom stereocenters. The molecule has 33 heavy (non-hydrogen) atoms. The summed E-state index contributed by atoms with van der Waals surface area (Å²) in [6.45, 7) is 4.13. The fourth-order valence-electron chi connectivity index (χ4n) is 4.60. The maximum Gasteiger partial charge on any atom is 0.258 e. The summed E-state index contributed by atoms with van der Waals surface area (Å²) in [6.07, 6.45) is 8.50. The van der Waals surface area contributed by atoms with Gasteiger partial charge in [0.25, 0.3) is 5.91 Å². The van der Waals surface area contributed by atoms with Gasteiger partial charge in [-0.1, -0.05) is 48.2 Å². The number of hydrogen-bond donors (Lipinski definition) is 1. The van der Waals surface area contributed by atoms with E-state index in [9.17, 15) is 4.79 Å². The topological polar surface area (TPSA) is 49.6 Å². The lowest BCUT2D eigenvalue weighted by atomic mass is 9.97. The summed E-state index contributed by atoms with van der Waals surface area (Å²) in [5.74, 6) is 0.549. The third kappa shape index (κ3) is 6.12. The van der Waals surface area contributed by atoms with Gasteiger partial charge in [0, 0.05) is 13.1 Å². The van der Waals surface area contributed by atoms with E-state index in [0.717, 1.165) is 47.3 Å². The van der Waals surface area contributed by atoms with E-state index in [1.54, 1.807) is 0 Å². The van der Waals surface area contributed by atoms with E-state index >= 15 is 0 Å². The molecule has 0 saturated carbocycles. The Kier molecular flexibility index (Phi) is 9.27. The number of pyridine rings is 1. The van der Waals surface area contributed by atoms with Crippen LogP contribution in [0.4, 0.5) is 0 Å². The number of carbonyl (C=O) groups is 1. The SMILES string of the molecule is Cl.Cl.O=C(NCC1CCCN(CCCc2ccccc2)C1)C1=Cc2cnc3cccc(n23)S1. The van der Waals surface area contributed by atoms with Crippen molar-refractivity contribution in [3.8, 4) is 0 Å². The van der Waals surface area contributed by atoms with Crippen molar-refractivity contribution in [3.05, 3.63) is 70.9 Å². The molecule has 0 aliphatic carbocycles. The number of benzene rings is 1. The monoisotopic (exact) mass is 504 g/mol. The van der Waals surface area contributed by atoms with Gasteiger partial charge >= 0.3 is 0 Å². The summed E-state index contributed by atoms with van der Waals surface area (Å²) < 4.78 is 2.09. The van der Waals surface area contributed by atoms with Gasteiger partial charge in [-0.25, -0.2) is 4.98 Å². The van der Waals surface area contributed by atoms with Crippen LogP contribution in [0.2, 0.25) is 0 Å². The second-order valence-corrected chi connectivity index (χ2v) is 9.52. The number of imidazole rings is 1. The highest BCUT2D eigenvalue weighted by Crippen LogP contribution is 2.34. The van der Waals surface area contributed by atoms with E-state index in [-0.39, 0.29) is 30.7 Å². The number of carbonyl (C=O) groups excluding carboxylic acids is 1. The minimum absolute atomic E-state index is 0. The van der Waals surface area contributed by atoms with Crippen LogP contribution in [-0.4, -0.2) is 46.4 Å². The molecule has 3 aromatic rings. The zero-order valence-corrected chi connectivity index (χ0v) is 20.9. The molecule has 176 valence electrons. The molecule has 5 nitrogen and oxygen atoms in total. The first kappa shape index (κ1) is 25.6. The van der Waals surface area contributed by atoms with Crippen LogP contribution in [0.1, 0.15) is 30.5 Å². The molecule has 2 aromatic heterocycles. The first-order valence-corrected chi connectivity index (χ1v) is 12.0. The van der Waals surface area contributed by atoms with Crippen LogP contribution in [-0.2, 0) is 11.2 Å². The number of halogens is 2. The van der Waals surface area contributed by atoms with Crippen molar-refractivity contribution in [1.29, 1.82) is 0 Å². The molecule has 1 fully saturated rings. The lowest BCUT2D eigenvalue weighted by Gasteiger charge is -2.33. The van der Waals surface area contributed by atoms with E-state index in [2.05, 4.69) is 49.9 Å². The Morgan fingerprint density at radius 3 is 2.82 bits per heavy atom. The molecule has 0 radical (unpaired) electrons. The van der Waals surface area contributed by atoms with Gasteiger partial charge in [-0.3, -0.25) is 9.20 Å². The Morgan fingerprint density at radius 2 is 1.97 bits per heavy atom. The van der Waals surface area contributed by atoms with Crippen LogP contribution in [0.5, 0.6) is 0 Å². The van der Waals surface area contributed by atoms with Crippen molar-refractivity contribution in [2.75, 3.05) is 26.2 Å². The Balaban J connectivity index is 0.00000153. The van der Waals surface area contributed by atoms with Gasteiger partial charge in [0.05, 0.1) is 21.8 Å². The zero-order chi connectivity index (χ0) is 21.0. The van der Waals surface area contributed by atoms with E-state index in [1.807, 2.05) is 30.5 Å². The highest BCUT2D eigenvalue weighted by atomic mass is 35.5. The Labute approximate surface area is 211 Å². The molecule has 5 rings (SSSR count). The predicted octanol–water partition coefficient (Wildman–Crippen LogP) is 5.09. The van der Waals surface area contributed by atoms with Crippen molar-refractivity contribution in [2.24, 2.45) is 5.92 Å². The zero-order valence-electron chi connectivity index (χ0n) is 18.5. The van der Waals surface area contributed by atoms with Crippen molar-refractivity contribution in [3.63, 3.8) is 0 Å². The summed E-state index contributed by atoms with van der Waals surface area (Å²) in [4.78, 5) is 20.6. The van der Waals surface area contributed by atoms with E-state index < -0.39 is 0 Å². The Bertz CT molecular complexity index is 1100. The van der Waals surface area contributed by atoms with Gasteiger partial charge < -0.3 is 10.2 Å². The lowest BCUT2D eigenvalue weighted by molar-refractivity contribution is -0.117. The highest BCUT2D eigenvalue weighted by molar-refractivity contribution is 8.04. The first-order chi connectivity index (χ1) is 15.3. The number of aromatic nitrogens is 2. The van der Waals surface area contributed by atoms with E-state index in [1.165, 1.54) is 43.1 Å². The molecule has 4 heterocycles. The molecule has 8 heteroatoms. The highest BCUT2D eigenvalue weighted by Gasteiger charge is 2.23. The van der Waals surface area contributed by atoms with Gasteiger partial charge in [-0.2, -0.15) is 0 Å². The summed E-state index contributed by atoms with van der Waals surface area (Å²) in [5.41, 5.74) is 3.31. The molecule has 1 atom stereocenters. The molecular weight excluding hydrogens is 475 g/mol. The molecule has 1 aromatic carbocycles. The van der Waals surface area contributed by atoms with Gasteiger partial charge in [0.2, 0.25) is 0 Å². The fourth-order valence-corrected chi connectivity index (χ4v) is 5.60. The number of amides is 1. The smallest absolute Gasteiger partial charge is 0.258 e. The average Bonchev–Trinajstić information content (AvgIpc) is 3.23. The fraction of sp³-hybridized carbons (Fsp3) is 0.360. The summed E-state index contributed by atoms with van der Waals surface area (Å²) >= 11 is 1.52. The molecule has 0 spiro atoms. The van der Waals surface area contributed by atoms with Crippen LogP contribution in [0, 0.1) is 5.92 Å². The number of nitrogens with zero attached hydrogens (tertiary/aromatic N) is 3. The van der Waals surface area contributed by atoms with Crippen molar-refractivity contribution in [1.82, 2.24) is 19.6 Å². The standard InChI is InChI=1S/C25H28N4OS.2ClH/c30-25(22-15-21-17-26-23-11-4-12-24(31-22)29(21)23)27-16-20-10-6-14-28(18-20)13-5-9-19-7-2-1-3-8-19;;/h1-4,7-8,11-12,15,17,20H,5-6,9-10,13-14,16,18H2,(H,27,30);2*1H. The maximum atomic E-state index is 12.9. The number of rotatable bonds is 7. The normalized spacial score (nSPS) is 17.6. The number of piperidine rings is 1. The van der Waals surface area contributed by atoms with Crippen LogP contribution in [0.15, 0.2) is 64.7 Å². The average molecular weight is 506 g/mol. The molecule has 1 saturated heterocycles. The molecule has 1 N–H and O–H groups in total. The predicted molar refractivity (Wildman–Crippen MR) is 140 cm³/mol. The quantitative estimate of drug-likeness (QED) is 0.486. The van der Waals surface area contributed by atoms with E-state index in [0.29, 0.717) is 5.92 Å². The lowest BCUT2D eigenvalue weighted by Crippen LogP contribution is -2.41. The van der Waals surface area contributed by atoms with Gasteiger partial charge in [0.1, 0.15) is 5.65 Å². The first-order valence-electron chi connectivity index (χ1n) is 11.2. The van der Waals surface area contributed by atoms with Crippen molar-refractivity contribution in [2.45, 2.75) is 30.7 Å². The van der Waals surface area contributed by atoms with Crippen LogP contribution in [0.25, 0.3) is 11.7 Å². The van der Waals surface area contributed by atoms with E-state index in [4.69, 9.17) is 0 Å². The molecule has 2 aliphatic rings. The molecule has 2 aliphatic heterocycles. The second kappa shape index (κ2) is 11.9. The molecule has 0 bridgehead atoms. The number of thioether (sulfide) groups is 1.